The molecular formula is C26H31N3O3. The second-order valence-electron chi connectivity index (χ2n) is 8.40. The largest absolute Gasteiger partial charge is 0.496 e. The minimum Gasteiger partial charge on any atom is -0.496 e. The highest BCUT2D eigenvalue weighted by Crippen LogP contribution is 2.31. The van der Waals surface area contributed by atoms with Crippen molar-refractivity contribution >= 4 is 16.8 Å². The number of nitrogens with one attached hydrogen (secondary N) is 1. The van der Waals surface area contributed by atoms with E-state index in [9.17, 15) is 4.79 Å². The summed E-state index contributed by atoms with van der Waals surface area (Å²) in [5, 5.41) is 3.83. The minimum absolute atomic E-state index is 0.0823. The van der Waals surface area contributed by atoms with Crippen LogP contribution in [0.4, 0.5) is 0 Å². The number of likely N-dealkylation sites (tertiary alicyclic amines) is 1. The molecule has 0 saturated carbocycles. The molecule has 32 heavy (non-hydrogen) atoms. The Morgan fingerprint density at radius 3 is 2.84 bits per heavy atom. The number of aromatic nitrogens is 1. The third-order valence-electron chi connectivity index (χ3n) is 6.10. The quantitative estimate of drug-likeness (QED) is 0.546. The van der Waals surface area contributed by atoms with Gasteiger partial charge in [-0.05, 0) is 43.7 Å². The minimum atomic E-state index is -0.0823. The molecule has 1 saturated heterocycles. The third kappa shape index (κ3) is 4.92. The topological polar surface area (TPSA) is 63.7 Å². The molecular weight excluding hydrogens is 402 g/mol. The van der Waals surface area contributed by atoms with E-state index in [0.717, 1.165) is 48.4 Å². The van der Waals surface area contributed by atoms with Gasteiger partial charge in [-0.25, -0.2) is 0 Å². The Morgan fingerprint density at radius 2 is 2.03 bits per heavy atom. The molecule has 1 unspecified atom stereocenters. The first-order valence-electron chi connectivity index (χ1n) is 11.1. The van der Waals surface area contributed by atoms with Crippen molar-refractivity contribution in [3.05, 3.63) is 70.9 Å². The lowest BCUT2D eigenvalue weighted by Crippen LogP contribution is -2.27. The monoisotopic (exact) mass is 433 g/mol. The van der Waals surface area contributed by atoms with Gasteiger partial charge < -0.3 is 14.8 Å². The number of aryl methyl sites for hydroxylation is 1. The average molecular weight is 434 g/mol. The summed E-state index contributed by atoms with van der Waals surface area (Å²) >= 11 is 0. The van der Waals surface area contributed by atoms with E-state index in [-0.39, 0.29) is 5.91 Å². The standard InChI is InChI=1S/C26H31N3O3/c1-18-8-9-20(25(14-18)32-3)17-29-12-10-19(16-29)24-15-22(26(30)27-11-13-31-2)21-6-4-5-7-23(21)28-24/h4-9,14-15,19H,10-13,16-17H2,1-3H3,(H,27,30). The molecule has 0 radical (unpaired) electrons. The van der Waals surface area contributed by atoms with Crippen molar-refractivity contribution in [2.75, 3.05) is 40.5 Å². The smallest absolute Gasteiger partial charge is 0.252 e. The molecule has 1 aromatic heterocycles. The molecule has 1 N–H and O–H groups in total. The highest BCUT2D eigenvalue weighted by molar-refractivity contribution is 6.06. The van der Waals surface area contributed by atoms with Gasteiger partial charge in [0.1, 0.15) is 5.75 Å². The molecule has 1 atom stereocenters. The first-order chi connectivity index (χ1) is 15.6. The number of carbonyl (C=O) groups excluding carboxylic acids is 1. The summed E-state index contributed by atoms with van der Waals surface area (Å²) in [7, 11) is 3.35. The van der Waals surface area contributed by atoms with Crippen molar-refractivity contribution in [2.24, 2.45) is 0 Å². The lowest BCUT2D eigenvalue weighted by atomic mass is 9.99. The van der Waals surface area contributed by atoms with Crippen LogP contribution in [-0.2, 0) is 11.3 Å². The number of hydrogen-bond donors (Lipinski definition) is 1. The second kappa shape index (κ2) is 10.1. The van der Waals surface area contributed by atoms with E-state index >= 15 is 0 Å². The van der Waals surface area contributed by atoms with Crippen molar-refractivity contribution in [3.63, 3.8) is 0 Å². The summed E-state index contributed by atoms with van der Waals surface area (Å²) in [6.45, 7) is 5.79. The van der Waals surface area contributed by atoms with E-state index in [4.69, 9.17) is 14.5 Å². The summed E-state index contributed by atoms with van der Waals surface area (Å²) in [5.41, 5.74) is 4.92. The fourth-order valence-corrected chi connectivity index (χ4v) is 4.40. The van der Waals surface area contributed by atoms with Crippen LogP contribution >= 0.6 is 0 Å². The number of amides is 1. The van der Waals surface area contributed by atoms with E-state index in [2.05, 4.69) is 35.3 Å². The highest BCUT2D eigenvalue weighted by Gasteiger charge is 2.27. The Kier molecular flexibility index (Phi) is 7.02. The normalized spacial score (nSPS) is 16.4. The molecule has 0 aliphatic carbocycles. The van der Waals surface area contributed by atoms with Crippen LogP contribution in [0.3, 0.4) is 0 Å². The van der Waals surface area contributed by atoms with Gasteiger partial charge in [-0.2, -0.15) is 0 Å². The molecule has 0 spiro atoms. The van der Waals surface area contributed by atoms with E-state index in [0.29, 0.717) is 24.6 Å². The van der Waals surface area contributed by atoms with Gasteiger partial charge in [0.2, 0.25) is 0 Å². The summed E-state index contributed by atoms with van der Waals surface area (Å²) in [6, 6.07) is 16.2. The molecule has 6 heteroatoms. The molecule has 1 aliphatic rings. The fourth-order valence-electron chi connectivity index (χ4n) is 4.40. The van der Waals surface area contributed by atoms with Gasteiger partial charge in [-0.1, -0.05) is 30.3 Å². The van der Waals surface area contributed by atoms with E-state index in [1.54, 1.807) is 14.2 Å². The van der Waals surface area contributed by atoms with Crippen molar-refractivity contribution < 1.29 is 14.3 Å². The summed E-state index contributed by atoms with van der Waals surface area (Å²) in [4.78, 5) is 20.3. The van der Waals surface area contributed by atoms with Gasteiger partial charge in [0.05, 0.1) is 24.8 Å². The number of carbonyl (C=O) groups is 1. The maximum absolute atomic E-state index is 12.9. The zero-order chi connectivity index (χ0) is 22.5. The summed E-state index contributed by atoms with van der Waals surface area (Å²) in [5.74, 6) is 1.15. The Morgan fingerprint density at radius 1 is 1.19 bits per heavy atom. The maximum Gasteiger partial charge on any atom is 0.252 e. The summed E-state index contributed by atoms with van der Waals surface area (Å²) in [6.07, 6.45) is 1.02. The number of fused-ring (bicyclic) bond motifs is 1. The third-order valence-corrected chi connectivity index (χ3v) is 6.10. The SMILES string of the molecule is COCCNC(=O)c1cc(C2CCN(Cc3ccc(C)cc3OC)C2)nc2ccccc12. The molecule has 2 heterocycles. The van der Waals surface area contributed by atoms with Gasteiger partial charge in [0.15, 0.2) is 0 Å². The molecule has 6 nitrogen and oxygen atoms in total. The Labute approximate surface area is 189 Å². The molecule has 1 aliphatic heterocycles. The molecule has 1 amide bonds. The highest BCUT2D eigenvalue weighted by atomic mass is 16.5. The van der Waals surface area contributed by atoms with Gasteiger partial charge in [-0.3, -0.25) is 14.7 Å². The fraction of sp³-hybridized carbons (Fsp3) is 0.385. The maximum atomic E-state index is 12.9. The van der Waals surface area contributed by atoms with Crippen LogP contribution in [0, 0.1) is 6.92 Å². The van der Waals surface area contributed by atoms with Crippen molar-refractivity contribution in [2.45, 2.75) is 25.8 Å². The van der Waals surface area contributed by atoms with Gasteiger partial charge in [-0.15, -0.1) is 0 Å². The number of methoxy groups -OCH3 is 2. The first-order valence-corrected chi connectivity index (χ1v) is 11.1. The van der Waals surface area contributed by atoms with E-state index in [1.165, 1.54) is 11.1 Å². The predicted octanol–water partition coefficient (Wildman–Crippen LogP) is 3.92. The number of benzene rings is 2. The lowest BCUT2D eigenvalue weighted by Gasteiger charge is -2.19. The number of rotatable bonds is 8. The lowest BCUT2D eigenvalue weighted by molar-refractivity contribution is 0.0938. The van der Waals surface area contributed by atoms with E-state index in [1.807, 2.05) is 30.3 Å². The molecule has 168 valence electrons. The van der Waals surface area contributed by atoms with Crippen molar-refractivity contribution in [3.8, 4) is 5.75 Å². The number of hydrogen-bond acceptors (Lipinski definition) is 5. The Balaban J connectivity index is 1.54. The van der Waals surface area contributed by atoms with Crippen molar-refractivity contribution in [1.82, 2.24) is 15.2 Å². The van der Waals surface area contributed by atoms with Gasteiger partial charge in [0.25, 0.3) is 5.91 Å². The first kappa shape index (κ1) is 22.2. The zero-order valence-electron chi connectivity index (χ0n) is 19.1. The van der Waals surface area contributed by atoms with E-state index < -0.39 is 0 Å². The molecule has 1 fully saturated rings. The Bertz CT molecular complexity index is 1100. The van der Waals surface area contributed by atoms with Crippen LogP contribution < -0.4 is 10.1 Å². The number of nitrogens with zero attached hydrogens (tertiary/aromatic N) is 2. The second-order valence-corrected chi connectivity index (χ2v) is 8.40. The summed E-state index contributed by atoms with van der Waals surface area (Å²) < 4.78 is 10.6. The average Bonchev–Trinajstić information content (AvgIpc) is 3.28. The predicted molar refractivity (Wildman–Crippen MR) is 126 cm³/mol. The van der Waals surface area contributed by atoms with Crippen LogP contribution in [0.2, 0.25) is 0 Å². The molecule has 3 aromatic rings. The van der Waals surface area contributed by atoms with Crippen LogP contribution in [-0.4, -0.2) is 56.3 Å². The van der Waals surface area contributed by atoms with Crippen LogP contribution in [0.1, 0.15) is 39.5 Å². The number of para-hydroxylation sites is 1. The van der Waals surface area contributed by atoms with Crippen LogP contribution in [0.5, 0.6) is 5.75 Å². The van der Waals surface area contributed by atoms with Crippen LogP contribution in [0.15, 0.2) is 48.5 Å². The van der Waals surface area contributed by atoms with Crippen LogP contribution in [0.25, 0.3) is 10.9 Å². The molecule has 2 aromatic carbocycles. The zero-order valence-corrected chi connectivity index (χ0v) is 19.1. The number of ether oxygens (including phenoxy) is 2. The van der Waals surface area contributed by atoms with Crippen molar-refractivity contribution in [1.29, 1.82) is 0 Å². The van der Waals surface area contributed by atoms with Gasteiger partial charge in [0, 0.05) is 49.3 Å². The Hall–Kier alpha value is -2.96. The van der Waals surface area contributed by atoms with Gasteiger partial charge >= 0.3 is 0 Å². The molecule has 4 rings (SSSR count). The number of pyridine rings is 1. The molecule has 0 bridgehead atoms.